The van der Waals surface area contributed by atoms with Crippen LogP contribution in [-0.2, 0) is 13.0 Å². The van der Waals surface area contributed by atoms with Gasteiger partial charge in [-0.1, -0.05) is 6.07 Å². The second kappa shape index (κ2) is 8.95. The molecule has 3 aliphatic heterocycles. The van der Waals surface area contributed by atoms with Crippen LogP contribution in [0.5, 0.6) is 0 Å². The van der Waals surface area contributed by atoms with Crippen molar-refractivity contribution in [2.45, 2.75) is 69.2 Å². The van der Waals surface area contributed by atoms with Crippen molar-refractivity contribution >= 4 is 38.3 Å². The molecule has 196 valence electrons. The minimum absolute atomic E-state index is 0.189. The minimum atomic E-state index is -4.24. The number of anilines is 1. The van der Waals surface area contributed by atoms with Crippen molar-refractivity contribution in [3.05, 3.63) is 52.3 Å². The number of nitrogens with one attached hydrogen (secondary N) is 2. The molecule has 1 aliphatic carbocycles. The zero-order valence-electron chi connectivity index (χ0n) is 20.7. The van der Waals surface area contributed by atoms with Crippen molar-refractivity contribution in [1.29, 1.82) is 5.26 Å². The SMILES string of the molecule is N#Cc1cc2c3c(ccc2[nH]1)CN1CCC(Nc2ncnc4sc(CC(F)(F)F)cc24)CC2CC3CCC21. The topological polar surface area (TPSA) is 80.6 Å². The Balaban J connectivity index is 1.18. The van der Waals surface area contributed by atoms with Gasteiger partial charge in [0.15, 0.2) is 0 Å². The molecular weight excluding hydrogens is 509 g/mol. The van der Waals surface area contributed by atoms with Gasteiger partial charge in [0.25, 0.3) is 0 Å². The Labute approximate surface area is 221 Å². The van der Waals surface area contributed by atoms with Crippen LogP contribution in [0.4, 0.5) is 19.0 Å². The van der Waals surface area contributed by atoms with Crippen LogP contribution in [0.25, 0.3) is 21.1 Å². The molecule has 4 bridgehead atoms. The van der Waals surface area contributed by atoms with Gasteiger partial charge in [0, 0.05) is 41.0 Å². The molecule has 6 nitrogen and oxygen atoms in total. The van der Waals surface area contributed by atoms with Gasteiger partial charge in [-0.2, -0.15) is 18.4 Å². The number of fused-ring (bicyclic) bond motifs is 3. The van der Waals surface area contributed by atoms with Crippen molar-refractivity contribution in [3.63, 3.8) is 0 Å². The van der Waals surface area contributed by atoms with Crippen molar-refractivity contribution in [1.82, 2.24) is 19.9 Å². The summed E-state index contributed by atoms with van der Waals surface area (Å²) in [6, 6.07) is 10.9. The van der Waals surface area contributed by atoms with Crippen molar-refractivity contribution in [3.8, 4) is 6.07 Å². The zero-order chi connectivity index (χ0) is 26.0. The molecule has 10 heteroatoms. The van der Waals surface area contributed by atoms with E-state index in [4.69, 9.17) is 0 Å². The Morgan fingerprint density at radius 1 is 1.13 bits per heavy atom. The molecule has 1 saturated heterocycles. The van der Waals surface area contributed by atoms with Crippen molar-refractivity contribution in [2.24, 2.45) is 5.92 Å². The molecule has 5 atom stereocenters. The second-order valence-electron chi connectivity index (χ2n) is 11.0. The van der Waals surface area contributed by atoms with Gasteiger partial charge in [0.2, 0.25) is 0 Å². The average molecular weight is 537 g/mol. The van der Waals surface area contributed by atoms with Gasteiger partial charge in [0.1, 0.15) is 28.7 Å². The summed E-state index contributed by atoms with van der Waals surface area (Å²) < 4.78 is 39.0. The number of halogens is 3. The van der Waals surface area contributed by atoms with E-state index in [1.807, 2.05) is 6.07 Å². The number of rotatable bonds is 3. The number of benzene rings is 1. The third-order valence-corrected chi connectivity index (χ3v) is 9.74. The first-order chi connectivity index (χ1) is 18.3. The summed E-state index contributed by atoms with van der Waals surface area (Å²) in [5.74, 6) is 1.62. The zero-order valence-corrected chi connectivity index (χ0v) is 21.5. The predicted molar refractivity (Wildman–Crippen MR) is 141 cm³/mol. The molecule has 0 radical (unpaired) electrons. The number of aromatic amines is 1. The van der Waals surface area contributed by atoms with E-state index in [-0.39, 0.29) is 10.9 Å². The number of hydrogen-bond donors (Lipinski definition) is 2. The molecule has 8 rings (SSSR count). The Kier molecular flexibility index (Phi) is 5.64. The number of aromatic nitrogens is 3. The summed E-state index contributed by atoms with van der Waals surface area (Å²) in [5, 5.41) is 14.9. The number of hydrogen-bond acceptors (Lipinski definition) is 6. The summed E-state index contributed by atoms with van der Waals surface area (Å²) in [4.78, 5) is 15.4. The molecule has 4 aromatic rings. The first-order valence-corrected chi connectivity index (χ1v) is 14.0. The van der Waals surface area contributed by atoms with Gasteiger partial charge in [-0.25, -0.2) is 9.97 Å². The Morgan fingerprint density at radius 3 is 2.87 bits per heavy atom. The molecule has 38 heavy (non-hydrogen) atoms. The Hall–Kier alpha value is -3.16. The lowest BCUT2D eigenvalue weighted by molar-refractivity contribution is -0.126. The van der Waals surface area contributed by atoms with Crippen LogP contribution in [0.1, 0.15) is 59.7 Å². The van der Waals surface area contributed by atoms with Gasteiger partial charge >= 0.3 is 6.18 Å². The molecule has 0 spiro atoms. The fourth-order valence-corrected chi connectivity index (χ4v) is 8.24. The molecule has 1 aromatic carbocycles. The minimum Gasteiger partial charge on any atom is -0.367 e. The van der Waals surface area contributed by atoms with E-state index in [9.17, 15) is 18.4 Å². The highest BCUT2D eigenvalue weighted by Gasteiger charge is 2.41. The summed E-state index contributed by atoms with van der Waals surface area (Å²) in [7, 11) is 0. The van der Waals surface area contributed by atoms with Crippen LogP contribution < -0.4 is 5.32 Å². The van der Waals surface area contributed by atoms with E-state index >= 15 is 0 Å². The van der Waals surface area contributed by atoms with Gasteiger partial charge in [0.05, 0.1) is 11.8 Å². The molecule has 5 unspecified atom stereocenters. The third-order valence-electron chi connectivity index (χ3n) is 8.70. The van der Waals surface area contributed by atoms with Crippen molar-refractivity contribution < 1.29 is 13.2 Å². The first-order valence-electron chi connectivity index (χ1n) is 13.2. The van der Waals surface area contributed by atoms with Crippen molar-refractivity contribution in [2.75, 3.05) is 11.9 Å². The number of nitriles is 1. The summed E-state index contributed by atoms with van der Waals surface area (Å²) in [6.07, 6.45) is 1.63. The van der Waals surface area contributed by atoms with Crippen LogP contribution in [0.15, 0.2) is 30.6 Å². The standard InChI is InChI=1S/C28H27F3N6S/c29-28(30,31)11-20-10-22-26(33-14-34-27(22)38-20)36-18-5-6-37-13-16-1-3-23-21(9-19(12-32)35-23)25(16)15-2-4-24(37)17(7-15)8-18/h1,3,9-10,14-15,17-18,24,35H,2,4-8,11,13H2,(H,33,34,36). The molecule has 1 saturated carbocycles. The molecule has 2 fully saturated rings. The highest BCUT2D eigenvalue weighted by Crippen LogP contribution is 2.48. The largest absolute Gasteiger partial charge is 0.393 e. The first kappa shape index (κ1) is 23.9. The van der Waals surface area contributed by atoms with Gasteiger partial charge in [-0.05, 0) is 73.3 Å². The summed E-state index contributed by atoms with van der Waals surface area (Å²) in [5.41, 5.74) is 4.42. The Morgan fingerprint density at radius 2 is 2.03 bits per heavy atom. The van der Waals surface area contributed by atoms with Crippen LogP contribution in [0.3, 0.4) is 0 Å². The molecule has 4 aliphatic rings. The van der Waals surface area contributed by atoms with E-state index < -0.39 is 12.6 Å². The quantitative estimate of drug-likeness (QED) is 0.313. The number of H-pyrrole nitrogens is 1. The number of alkyl halides is 3. The Bertz CT molecular complexity index is 1570. The maximum absolute atomic E-state index is 13.0. The maximum Gasteiger partial charge on any atom is 0.393 e. The molecule has 3 aromatic heterocycles. The summed E-state index contributed by atoms with van der Waals surface area (Å²) >= 11 is 1.09. The normalized spacial score (nSPS) is 26.9. The lowest BCUT2D eigenvalue weighted by atomic mass is 9.70. The number of thiophene rings is 1. The molecule has 0 amide bonds. The van der Waals surface area contributed by atoms with Crippen LogP contribution in [0.2, 0.25) is 0 Å². The lowest BCUT2D eigenvalue weighted by Crippen LogP contribution is -2.44. The van der Waals surface area contributed by atoms with Crippen LogP contribution in [-0.4, -0.2) is 44.7 Å². The van der Waals surface area contributed by atoms with Gasteiger partial charge < -0.3 is 10.3 Å². The average Bonchev–Trinajstić information content (AvgIpc) is 3.42. The highest BCUT2D eigenvalue weighted by atomic mass is 32.1. The van der Waals surface area contributed by atoms with E-state index in [0.717, 1.165) is 62.0 Å². The lowest BCUT2D eigenvalue weighted by Gasteiger charge is -2.45. The van der Waals surface area contributed by atoms with E-state index in [2.05, 4.69) is 43.4 Å². The smallest absolute Gasteiger partial charge is 0.367 e. The van der Waals surface area contributed by atoms with Gasteiger partial charge in [-0.15, -0.1) is 11.3 Å². The van der Waals surface area contributed by atoms with E-state index in [1.165, 1.54) is 22.8 Å². The van der Waals surface area contributed by atoms with Crippen LogP contribution in [0, 0.1) is 17.2 Å². The molecule has 2 N–H and O–H groups in total. The van der Waals surface area contributed by atoms with E-state index in [0.29, 0.717) is 39.6 Å². The summed E-state index contributed by atoms with van der Waals surface area (Å²) in [6.45, 7) is 1.86. The monoisotopic (exact) mass is 536 g/mol. The molecule has 6 heterocycles. The predicted octanol–water partition coefficient (Wildman–Crippen LogP) is 6.49. The maximum atomic E-state index is 13.0. The van der Waals surface area contributed by atoms with Gasteiger partial charge in [-0.3, -0.25) is 4.90 Å². The molecular formula is C28H27F3N6S. The third kappa shape index (κ3) is 4.22. The van der Waals surface area contributed by atoms with E-state index in [1.54, 1.807) is 6.07 Å². The fraction of sp³-hybridized carbons (Fsp3) is 0.464. The highest BCUT2D eigenvalue weighted by molar-refractivity contribution is 7.18. The number of nitrogens with zero attached hydrogens (tertiary/aromatic N) is 4. The van der Waals surface area contributed by atoms with Crippen LogP contribution >= 0.6 is 11.3 Å². The fourth-order valence-electron chi connectivity index (χ4n) is 7.21. The second-order valence-corrected chi connectivity index (χ2v) is 12.1.